The zero-order valence-electron chi connectivity index (χ0n) is 17.4. The lowest BCUT2D eigenvalue weighted by Gasteiger charge is -2.23. The monoisotopic (exact) mass is 419 g/mol. The maximum Gasteiger partial charge on any atom is 0.163 e. The third kappa shape index (κ3) is 6.12. The first-order chi connectivity index (χ1) is 14.9. The number of aliphatic carboxylic acids is 1. The summed E-state index contributed by atoms with van der Waals surface area (Å²) >= 11 is 0. The van der Waals surface area contributed by atoms with Gasteiger partial charge in [-0.15, -0.1) is 0 Å². The molecule has 0 saturated heterocycles. The Balaban J connectivity index is 1.88. The minimum absolute atomic E-state index is 0.165. The summed E-state index contributed by atoms with van der Waals surface area (Å²) in [5.74, 6) is -0.481. The molecule has 0 saturated carbocycles. The van der Waals surface area contributed by atoms with Gasteiger partial charge in [-0.05, 0) is 49.9 Å². The van der Waals surface area contributed by atoms with Gasteiger partial charge in [0.15, 0.2) is 5.78 Å². The zero-order chi connectivity index (χ0) is 22.2. The van der Waals surface area contributed by atoms with Crippen LogP contribution < -0.4 is 14.6 Å². The summed E-state index contributed by atoms with van der Waals surface area (Å²) in [4.78, 5) is 31.1. The second-order valence-corrected chi connectivity index (χ2v) is 7.12. The SMILES string of the molecule is CC(=O)c1ccc(OCc2cncnc2)cc1OC(CCC(=O)[O-])c1ccccc1C. The number of aryl methyl sites for hydroxylation is 1. The van der Waals surface area contributed by atoms with Crippen LogP contribution in [0.25, 0.3) is 0 Å². The van der Waals surface area contributed by atoms with E-state index in [1.807, 2.05) is 31.2 Å². The number of carboxylic acids is 1. The van der Waals surface area contributed by atoms with E-state index in [2.05, 4.69) is 9.97 Å². The predicted octanol–water partition coefficient (Wildman–Crippen LogP) is 3.22. The van der Waals surface area contributed by atoms with Crippen LogP contribution in [0.2, 0.25) is 0 Å². The quantitative estimate of drug-likeness (QED) is 0.465. The van der Waals surface area contributed by atoms with E-state index >= 15 is 0 Å². The van der Waals surface area contributed by atoms with Crippen molar-refractivity contribution < 1.29 is 24.2 Å². The van der Waals surface area contributed by atoms with Gasteiger partial charge in [-0.3, -0.25) is 4.79 Å². The third-order valence-electron chi connectivity index (χ3n) is 4.77. The summed E-state index contributed by atoms with van der Waals surface area (Å²) in [6, 6.07) is 12.6. The van der Waals surface area contributed by atoms with Crippen LogP contribution in [0.3, 0.4) is 0 Å². The molecule has 0 spiro atoms. The highest BCUT2D eigenvalue weighted by atomic mass is 16.5. The van der Waals surface area contributed by atoms with Gasteiger partial charge in [0, 0.05) is 30.0 Å². The van der Waals surface area contributed by atoms with Crippen molar-refractivity contribution in [2.24, 2.45) is 0 Å². The van der Waals surface area contributed by atoms with E-state index in [0.717, 1.165) is 16.7 Å². The van der Waals surface area contributed by atoms with Crippen LogP contribution >= 0.6 is 0 Å². The Morgan fingerprint density at radius 3 is 2.52 bits per heavy atom. The summed E-state index contributed by atoms with van der Waals surface area (Å²) < 4.78 is 12.0. The molecule has 1 atom stereocenters. The van der Waals surface area contributed by atoms with E-state index in [4.69, 9.17) is 9.47 Å². The van der Waals surface area contributed by atoms with E-state index < -0.39 is 12.1 Å². The molecule has 1 heterocycles. The van der Waals surface area contributed by atoms with Crippen molar-refractivity contribution >= 4 is 11.8 Å². The number of ketones is 1. The molecule has 0 radical (unpaired) electrons. The third-order valence-corrected chi connectivity index (χ3v) is 4.77. The summed E-state index contributed by atoms with van der Waals surface area (Å²) in [5.41, 5.74) is 3.01. The maximum absolute atomic E-state index is 12.2. The van der Waals surface area contributed by atoms with E-state index in [1.165, 1.54) is 13.3 Å². The number of benzene rings is 2. The Bertz CT molecular complexity index is 1050. The Kier molecular flexibility index (Phi) is 7.32. The summed E-state index contributed by atoms with van der Waals surface area (Å²) in [5, 5.41) is 11.1. The summed E-state index contributed by atoms with van der Waals surface area (Å²) in [6.45, 7) is 3.64. The van der Waals surface area contributed by atoms with Crippen molar-refractivity contribution in [1.29, 1.82) is 0 Å². The molecule has 7 nitrogen and oxygen atoms in total. The van der Waals surface area contributed by atoms with Gasteiger partial charge in [0.05, 0.1) is 5.56 Å². The molecule has 0 aliphatic carbocycles. The Morgan fingerprint density at radius 1 is 1.10 bits per heavy atom. The molecule has 1 aromatic heterocycles. The molecule has 160 valence electrons. The standard InChI is InChI=1S/C24H24N2O5/c1-16-5-3-4-6-20(16)22(9-10-24(28)29)31-23-11-19(7-8-21(23)17(2)27)30-14-18-12-25-15-26-13-18/h3-8,11-13,15,22H,9-10,14H2,1-2H3,(H,28,29)/p-1. The number of rotatable bonds is 10. The van der Waals surface area contributed by atoms with Crippen molar-refractivity contribution in [2.45, 2.75) is 39.4 Å². The number of aromatic nitrogens is 2. The average molecular weight is 419 g/mol. The van der Waals surface area contributed by atoms with Crippen LogP contribution in [0.15, 0.2) is 61.2 Å². The van der Waals surface area contributed by atoms with Gasteiger partial charge in [0.1, 0.15) is 30.5 Å². The van der Waals surface area contributed by atoms with Crippen molar-refractivity contribution in [2.75, 3.05) is 0 Å². The molecule has 0 N–H and O–H groups in total. The smallest absolute Gasteiger partial charge is 0.163 e. The van der Waals surface area contributed by atoms with Gasteiger partial charge in [-0.1, -0.05) is 24.3 Å². The van der Waals surface area contributed by atoms with E-state index in [-0.39, 0.29) is 25.2 Å². The first-order valence-electron chi connectivity index (χ1n) is 9.87. The number of carbonyl (C=O) groups excluding carboxylic acids is 2. The first kappa shape index (κ1) is 22.0. The minimum Gasteiger partial charge on any atom is -0.550 e. The molecular weight excluding hydrogens is 396 g/mol. The molecule has 31 heavy (non-hydrogen) atoms. The largest absolute Gasteiger partial charge is 0.550 e. The Hall–Kier alpha value is -3.74. The topological polar surface area (TPSA) is 101 Å². The summed E-state index contributed by atoms with van der Waals surface area (Å²) in [6.07, 6.45) is 4.23. The second kappa shape index (κ2) is 10.3. The van der Waals surface area contributed by atoms with Crippen molar-refractivity contribution in [3.05, 3.63) is 83.4 Å². The Labute approximate surface area is 180 Å². The van der Waals surface area contributed by atoms with Crippen molar-refractivity contribution in [3.63, 3.8) is 0 Å². The highest BCUT2D eigenvalue weighted by Gasteiger charge is 2.19. The number of nitrogens with zero attached hydrogens (tertiary/aromatic N) is 2. The number of hydrogen-bond donors (Lipinski definition) is 0. The molecule has 0 bridgehead atoms. The highest BCUT2D eigenvalue weighted by Crippen LogP contribution is 2.33. The fourth-order valence-corrected chi connectivity index (χ4v) is 3.18. The normalized spacial score (nSPS) is 11.5. The van der Waals surface area contributed by atoms with E-state index in [1.54, 1.807) is 30.6 Å². The van der Waals surface area contributed by atoms with Gasteiger partial charge in [-0.2, -0.15) is 0 Å². The average Bonchev–Trinajstić information content (AvgIpc) is 2.76. The lowest BCUT2D eigenvalue weighted by Crippen LogP contribution is -2.23. The number of carbonyl (C=O) groups is 2. The molecule has 3 aromatic rings. The van der Waals surface area contributed by atoms with E-state index in [0.29, 0.717) is 17.1 Å². The van der Waals surface area contributed by atoms with Gasteiger partial charge in [0.2, 0.25) is 0 Å². The van der Waals surface area contributed by atoms with Crippen LogP contribution in [-0.4, -0.2) is 21.7 Å². The van der Waals surface area contributed by atoms with E-state index in [9.17, 15) is 14.7 Å². The minimum atomic E-state index is -1.16. The van der Waals surface area contributed by atoms with Crippen LogP contribution in [0.4, 0.5) is 0 Å². The van der Waals surface area contributed by atoms with Crippen LogP contribution in [0, 0.1) is 6.92 Å². The first-order valence-corrected chi connectivity index (χ1v) is 9.87. The molecule has 0 fully saturated rings. The Morgan fingerprint density at radius 2 is 1.84 bits per heavy atom. The molecule has 0 amide bonds. The molecule has 0 aliphatic rings. The number of Topliss-reactive ketones (excluding diaryl/α,β-unsaturated/α-hetero) is 1. The van der Waals surface area contributed by atoms with Crippen LogP contribution in [-0.2, 0) is 11.4 Å². The predicted molar refractivity (Wildman–Crippen MR) is 112 cm³/mol. The lowest BCUT2D eigenvalue weighted by atomic mass is 9.99. The highest BCUT2D eigenvalue weighted by molar-refractivity contribution is 5.97. The molecular formula is C24H23N2O5-. The number of ether oxygens (including phenoxy) is 2. The lowest BCUT2D eigenvalue weighted by molar-refractivity contribution is -0.306. The number of hydrogen-bond acceptors (Lipinski definition) is 7. The molecule has 7 heteroatoms. The molecule has 3 rings (SSSR count). The maximum atomic E-state index is 12.2. The molecule has 2 aromatic carbocycles. The van der Waals surface area contributed by atoms with Gasteiger partial charge in [0.25, 0.3) is 0 Å². The van der Waals surface area contributed by atoms with Crippen LogP contribution in [0.5, 0.6) is 11.5 Å². The zero-order valence-corrected chi connectivity index (χ0v) is 17.4. The molecule has 1 unspecified atom stereocenters. The number of carboxylic acid groups (broad SMARTS) is 1. The van der Waals surface area contributed by atoms with Crippen LogP contribution in [0.1, 0.15) is 52.9 Å². The fraction of sp³-hybridized carbons (Fsp3) is 0.250. The van der Waals surface area contributed by atoms with Gasteiger partial charge in [-0.25, -0.2) is 9.97 Å². The van der Waals surface area contributed by atoms with Crippen molar-refractivity contribution in [3.8, 4) is 11.5 Å². The fourth-order valence-electron chi connectivity index (χ4n) is 3.18. The second-order valence-electron chi connectivity index (χ2n) is 7.12. The van der Waals surface area contributed by atoms with Gasteiger partial charge >= 0.3 is 0 Å². The summed E-state index contributed by atoms with van der Waals surface area (Å²) in [7, 11) is 0. The van der Waals surface area contributed by atoms with Crippen molar-refractivity contribution in [1.82, 2.24) is 9.97 Å². The van der Waals surface area contributed by atoms with Gasteiger partial charge < -0.3 is 19.4 Å². The molecule has 0 aliphatic heterocycles.